The van der Waals surface area contributed by atoms with E-state index in [0.717, 1.165) is 0 Å². The number of benzene rings is 1. The van der Waals surface area contributed by atoms with E-state index in [1.54, 1.807) is 52.8 Å². The fourth-order valence-electron chi connectivity index (χ4n) is 3.76. The number of hydrogen-bond donors (Lipinski definition) is 1. The number of ether oxygens (including phenoxy) is 1. The second-order valence-electron chi connectivity index (χ2n) is 8.64. The zero-order valence-corrected chi connectivity index (χ0v) is 17.4. The van der Waals surface area contributed by atoms with Gasteiger partial charge in [0.1, 0.15) is 11.6 Å². The SMILES string of the molecule is CC(C)N1C(=O)CCC(N2Cc3c(NC(=O)OC(C)(C)C)cccc3C2=O)C1=O. The van der Waals surface area contributed by atoms with Crippen LogP contribution in [0.15, 0.2) is 18.2 Å². The van der Waals surface area contributed by atoms with E-state index in [0.29, 0.717) is 23.2 Å². The van der Waals surface area contributed by atoms with Gasteiger partial charge in [0.2, 0.25) is 5.91 Å². The zero-order chi connectivity index (χ0) is 21.5. The Kier molecular flexibility index (Phi) is 5.38. The van der Waals surface area contributed by atoms with Crippen molar-refractivity contribution in [1.29, 1.82) is 0 Å². The van der Waals surface area contributed by atoms with Gasteiger partial charge in [-0.25, -0.2) is 4.79 Å². The average Bonchev–Trinajstić information content (AvgIpc) is 2.91. The van der Waals surface area contributed by atoms with E-state index in [2.05, 4.69) is 5.32 Å². The highest BCUT2D eigenvalue weighted by Gasteiger charge is 2.43. The molecule has 8 nitrogen and oxygen atoms in total. The number of rotatable bonds is 3. The number of anilines is 1. The van der Waals surface area contributed by atoms with Crippen LogP contribution in [0.5, 0.6) is 0 Å². The lowest BCUT2D eigenvalue weighted by Crippen LogP contribution is -2.56. The Morgan fingerprint density at radius 3 is 2.52 bits per heavy atom. The van der Waals surface area contributed by atoms with Gasteiger partial charge in [0.05, 0.1) is 0 Å². The zero-order valence-electron chi connectivity index (χ0n) is 17.4. The van der Waals surface area contributed by atoms with E-state index in [4.69, 9.17) is 4.74 Å². The Bertz CT molecular complexity index is 872. The van der Waals surface area contributed by atoms with Gasteiger partial charge in [-0.3, -0.25) is 24.6 Å². The van der Waals surface area contributed by atoms with E-state index < -0.39 is 17.7 Å². The molecular weight excluding hydrogens is 374 g/mol. The topological polar surface area (TPSA) is 96.0 Å². The summed E-state index contributed by atoms with van der Waals surface area (Å²) >= 11 is 0. The molecule has 156 valence electrons. The number of likely N-dealkylation sites (tertiary alicyclic amines) is 1. The normalized spacial score (nSPS) is 19.7. The van der Waals surface area contributed by atoms with E-state index in [9.17, 15) is 19.2 Å². The predicted octanol–water partition coefficient (Wildman–Crippen LogP) is 2.92. The maximum atomic E-state index is 13.0. The van der Waals surface area contributed by atoms with Crippen LogP contribution in [0, 0.1) is 0 Å². The molecule has 1 N–H and O–H groups in total. The van der Waals surface area contributed by atoms with Crippen LogP contribution < -0.4 is 5.32 Å². The Morgan fingerprint density at radius 2 is 1.90 bits per heavy atom. The van der Waals surface area contributed by atoms with Gasteiger partial charge in [-0.05, 0) is 53.2 Å². The van der Waals surface area contributed by atoms with Crippen LogP contribution in [0.4, 0.5) is 10.5 Å². The molecule has 0 saturated carbocycles. The number of amides is 4. The molecule has 0 radical (unpaired) electrons. The van der Waals surface area contributed by atoms with E-state index in [-0.39, 0.29) is 36.7 Å². The van der Waals surface area contributed by atoms with Gasteiger partial charge in [0.25, 0.3) is 11.8 Å². The molecule has 29 heavy (non-hydrogen) atoms. The largest absolute Gasteiger partial charge is 0.444 e. The monoisotopic (exact) mass is 401 g/mol. The molecule has 0 bridgehead atoms. The fraction of sp³-hybridized carbons (Fsp3) is 0.524. The van der Waals surface area contributed by atoms with Crippen molar-refractivity contribution in [2.45, 2.75) is 71.7 Å². The number of hydrogen-bond acceptors (Lipinski definition) is 5. The van der Waals surface area contributed by atoms with Gasteiger partial charge in [-0.15, -0.1) is 0 Å². The van der Waals surface area contributed by atoms with E-state index in [1.165, 1.54) is 9.80 Å². The smallest absolute Gasteiger partial charge is 0.412 e. The summed E-state index contributed by atoms with van der Waals surface area (Å²) in [5, 5.41) is 2.70. The van der Waals surface area contributed by atoms with Crippen LogP contribution in [-0.4, -0.2) is 51.3 Å². The Hall–Kier alpha value is -2.90. The molecule has 4 amide bonds. The van der Waals surface area contributed by atoms with Crippen molar-refractivity contribution in [3.8, 4) is 0 Å². The summed E-state index contributed by atoms with van der Waals surface area (Å²) in [7, 11) is 0. The second-order valence-corrected chi connectivity index (χ2v) is 8.64. The molecule has 8 heteroatoms. The molecule has 1 unspecified atom stereocenters. The Morgan fingerprint density at radius 1 is 1.21 bits per heavy atom. The van der Waals surface area contributed by atoms with Crippen molar-refractivity contribution in [2.24, 2.45) is 0 Å². The minimum absolute atomic E-state index is 0.191. The number of carbonyl (C=O) groups is 4. The van der Waals surface area contributed by atoms with Gasteiger partial charge in [-0.1, -0.05) is 6.07 Å². The number of fused-ring (bicyclic) bond motifs is 1. The van der Waals surface area contributed by atoms with Crippen molar-refractivity contribution in [2.75, 3.05) is 5.32 Å². The highest BCUT2D eigenvalue weighted by molar-refractivity contribution is 6.06. The molecule has 1 fully saturated rings. The maximum absolute atomic E-state index is 13.0. The highest BCUT2D eigenvalue weighted by atomic mass is 16.6. The van der Waals surface area contributed by atoms with Gasteiger partial charge < -0.3 is 9.64 Å². The highest BCUT2D eigenvalue weighted by Crippen LogP contribution is 2.33. The third-order valence-corrected chi connectivity index (χ3v) is 4.95. The molecule has 0 spiro atoms. The first kappa shape index (κ1) is 20.8. The van der Waals surface area contributed by atoms with Crippen LogP contribution in [0.1, 0.15) is 63.4 Å². The summed E-state index contributed by atoms with van der Waals surface area (Å²) < 4.78 is 5.29. The van der Waals surface area contributed by atoms with Gasteiger partial charge in [0.15, 0.2) is 0 Å². The van der Waals surface area contributed by atoms with Gasteiger partial charge in [-0.2, -0.15) is 0 Å². The quantitative estimate of drug-likeness (QED) is 0.786. The van der Waals surface area contributed by atoms with Crippen LogP contribution in [0.25, 0.3) is 0 Å². The van der Waals surface area contributed by atoms with Crippen LogP contribution in [-0.2, 0) is 20.9 Å². The van der Waals surface area contributed by atoms with Crippen molar-refractivity contribution < 1.29 is 23.9 Å². The summed E-state index contributed by atoms with van der Waals surface area (Å²) in [5.74, 6) is -0.832. The summed E-state index contributed by atoms with van der Waals surface area (Å²) in [4.78, 5) is 52.9. The standard InChI is InChI=1S/C21H27N3O5/c1-12(2)24-17(25)10-9-16(19(24)27)23-11-14-13(18(23)26)7-6-8-15(14)22-20(28)29-21(3,4)5/h6-8,12,16H,9-11H2,1-5H3,(H,22,28). The van der Waals surface area contributed by atoms with Crippen molar-refractivity contribution in [3.05, 3.63) is 29.3 Å². The van der Waals surface area contributed by atoms with Gasteiger partial charge in [0, 0.05) is 35.8 Å². The number of nitrogens with zero attached hydrogens (tertiary/aromatic N) is 2. The molecular formula is C21H27N3O5. The third kappa shape index (κ3) is 4.11. The van der Waals surface area contributed by atoms with Gasteiger partial charge >= 0.3 is 6.09 Å². The first-order valence-electron chi connectivity index (χ1n) is 9.78. The Balaban J connectivity index is 1.83. The number of nitrogens with one attached hydrogen (secondary N) is 1. The van der Waals surface area contributed by atoms with Crippen molar-refractivity contribution in [1.82, 2.24) is 9.80 Å². The number of piperidine rings is 1. The Labute approximate surface area is 170 Å². The molecule has 2 heterocycles. The summed E-state index contributed by atoms with van der Waals surface area (Å²) in [5.41, 5.74) is 0.918. The average molecular weight is 401 g/mol. The molecule has 0 aromatic heterocycles. The summed E-state index contributed by atoms with van der Waals surface area (Å²) in [6.07, 6.45) is -0.0881. The summed E-state index contributed by atoms with van der Waals surface area (Å²) in [6.45, 7) is 9.05. The number of imide groups is 1. The lowest BCUT2D eigenvalue weighted by atomic mass is 10.0. The molecule has 2 aliphatic rings. The van der Waals surface area contributed by atoms with Crippen LogP contribution in [0.3, 0.4) is 0 Å². The molecule has 1 atom stereocenters. The molecule has 0 aliphatic carbocycles. The molecule has 2 aliphatic heterocycles. The lowest BCUT2D eigenvalue weighted by molar-refractivity contribution is -0.154. The van der Waals surface area contributed by atoms with Crippen LogP contribution in [0.2, 0.25) is 0 Å². The maximum Gasteiger partial charge on any atom is 0.412 e. The second kappa shape index (κ2) is 7.50. The lowest BCUT2D eigenvalue weighted by Gasteiger charge is -2.37. The van der Waals surface area contributed by atoms with E-state index >= 15 is 0 Å². The first-order valence-corrected chi connectivity index (χ1v) is 9.78. The van der Waals surface area contributed by atoms with Crippen LogP contribution >= 0.6 is 0 Å². The third-order valence-electron chi connectivity index (χ3n) is 4.95. The summed E-state index contributed by atoms with van der Waals surface area (Å²) in [6, 6.07) is 4.11. The van der Waals surface area contributed by atoms with E-state index in [1.807, 2.05) is 0 Å². The molecule has 3 rings (SSSR count). The fourth-order valence-corrected chi connectivity index (χ4v) is 3.76. The predicted molar refractivity (Wildman–Crippen MR) is 106 cm³/mol. The van der Waals surface area contributed by atoms with Crippen molar-refractivity contribution >= 4 is 29.5 Å². The first-order chi connectivity index (χ1) is 13.5. The number of carbonyl (C=O) groups excluding carboxylic acids is 4. The molecule has 1 saturated heterocycles. The minimum Gasteiger partial charge on any atom is -0.444 e. The van der Waals surface area contributed by atoms with Crippen molar-refractivity contribution in [3.63, 3.8) is 0 Å². The minimum atomic E-state index is -0.690. The molecule has 1 aromatic carbocycles. The molecule has 1 aromatic rings.